The number of esters is 1. The van der Waals surface area contributed by atoms with E-state index in [4.69, 9.17) is 10.5 Å². The first-order valence-corrected chi connectivity index (χ1v) is 6.29. The molecule has 0 aliphatic heterocycles. The molecular weight excluding hydrogens is 230 g/mol. The first-order chi connectivity index (χ1) is 8.63. The maximum atomic E-state index is 12.0. The van der Waals surface area contributed by atoms with Crippen LogP contribution in [0.2, 0.25) is 0 Å². The summed E-state index contributed by atoms with van der Waals surface area (Å²) in [5.74, 6) is -0.109. The SMILES string of the molecule is COC(=O)C(c1ccc(O)c(N)c1)C1CCCC1. The smallest absolute Gasteiger partial charge is 0.313 e. The average Bonchev–Trinajstić information content (AvgIpc) is 2.87. The summed E-state index contributed by atoms with van der Waals surface area (Å²) in [6, 6.07) is 4.97. The molecule has 1 unspecified atom stereocenters. The summed E-state index contributed by atoms with van der Waals surface area (Å²) in [6.07, 6.45) is 4.40. The van der Waals surface area contributed by atoms with Gasteiger partial charge in [-0.25, -0.2) is 0 Å². The van der Waals surface area contributed by atoms with Crippen molar-refractivity contribution < 1.29 is 14.6 Å². The molecule has 1 aromatic carbocycles. The Hall–Kier alpha value is -1.71. The van der Waals surface area contributed by atoms with Crippen LogP contribution in [0.5, 0.6) is 5.75 Å². The zero-order chi connectivity index (χ0) is 13.1. The summed E-state index contributed by atoms with van der Waals surface area (Å²) in [6.45, 7) is 0. The standard InChI is InChI=1S/C14H19NO3/c1-18-14(17)13(9-4-2-3-5-9)10-6-7-12(16)11(15)8-10/h6-9,13,16H,2-5,15H2,1H3. The van der Waals surface area contributed by atoms with Crippen LogP contribution in [0.3, 0.4) is 0 Å². The van der Waals surface area contributed by atoms with E-state index in [0.29, 0.717) is 11.6 Å². The minimum atomic E-state index is -0.264. The fourth-order valence-corrected chi connectivity index (χ4v) is 2.78. The van der Waals surface area contributed by atoms with Gasteiger partial charge in [0, 0.05) is 0 Å². The van der Waals surface area contributed by atoms with Crippen LogP contribution < -0.4 is 5.73 Å². The number of methoxy groups -OCH3 is 1. The molecule has 2 rings (SSSR count). The van der Waals surface area contributed by atoms with Gasteiger partial charge >= 0.3 is 5.97 Å². The van der Waals surface area contributed by atoms with E-state index >= 15 is 0 Å². The van der Waals surface area contributed by atoms with E-state index in [1.54, 1.807) is 12.1 Å². The topological polar surface area (TPSA) is 72.5 Å². The molecule has 98 valence electrons. The number of anilines is 1. The molecule has 1 atom stereocenters. The second-order valence-electron chi connectivity index (χ2n) is 4.86. The normalized spacial score (nSPS) is 17.6. The van der Waals surface area contributed by atoms with Crippen LogP contribution in [0.15, 0.2) is 18.2 Å². The molecular formula is C14H19NO3. The van der Waals surface area contributed by atoms with Crippen molar-refractivity contribution in [2.24, 2.45) is 5.92 Å². The summed E-state index contributed by atoms with van der Waals surface area (Å²) in [5, 5.41) is 9.45. The summed E-state index contributed by atoms with van der Waals surface area (Å²) in [4.78, 5) is 12.0. The maximum absolute atomic E-state index is 12.0. The Labute approximate surface area is 107 Å². The Kier molecular flexibility index (Phi) is 3.75. The highest BCUT2D eigenvalue weighted by atomic mass is 16.5. The van der Waals surface area contributed by atoms with Crippen LogP contribution in [0.25, 0.3) is 0 Å². The molecule has 1 aromatic rings. The van der Waals surface area contributed by atoms with Gasteiger partial charge in [0.25, 0.3) is 0 Å². The number of hydrogen-bond donors (Lipinski definition) is 2. The highest BCUT2D eigenvalue weighted by Gasteiger charge is 2.33. The fourth-order valence-electron chi connectivity index (χ4n) is 2.78. The zero-order valence-corrected chi connectivity index (χ0v) is 10.6. The number of aromatic hydroxyl groups is 1. The molecule has 0 saturated heterocycles. The second kappa shape index (κ2) is 5.29. The van der Waals surface area contributed by atoms with Crippen molar-refractivity contribution in [3.8, 4) is 5.75 Å². The molecule has 18 heavy (non-hydrogen) atoms. The lowest BCUT2D eigenvalue weighted by Gasteiger charge is -2.21. The van der Waals surface area contributed by atoms with E-state index in [-0.39, 0.29) is 17.6 Å². The van der Waals surface area contributed by atoms with Gasteiger partial charge in [0.2, 0.25) is 0 Å². The molecule has 1 aliphatic rings. The average molecular weight is 249 g/mol. The van der Waals surface area contributed by atoms with Crippen molar-refractivity contribution in [2.75, 3.05) is 12.8 Å². The van der Waals surface area contributed by atoms with Gasteiger partial charge in [0.05, 0.1) is 18.7 Å². The predicted molar refractivity (Wildman–Crippen MR) is 69.2 cm³/mol. The molecule has 4 heteroatoms. The van der Waals surface area contributed by atoms with Crippen LogP contribution >= 0.6 is 0 Å². The van der Waals surface area contributed by atoms with Gasteiger partial charge in [-0.05, 0) is 36.5 Å². The number of phenols is 1. The molecule has 0 spiro atoms. The number of rotatable bonds is 3. The zero-order valence-electron chi connectivity index (χ0n) is 10.6. The molecule has 0 radical (unpaired) electrons. The first-order valence-electron chi connectivity index (χ1n) is 6.29. The fraction of sp³-hybridized carbons (Fsp3) is 0.500. The number of ether oxygens (including phenoxy) is 1. The highest BCUT2D eigenvalue weighted by Crippen LogP contribution is 2.39. The highest BCUT2D eigenvalue weighted by molar-refractivity contribution is 5.79. The van der Waals surface area contributed by atoms with Crippen LogP contribution in [-0.2, 0) is 9.53 Å². The quantitative estimate of drug-likeness (QED) is 0.490. The van der Waals surface area contributed by atoms with Crippen molar-refractivity contribution in [3.05, 3.63) is 23.8 Å². The third-order valence-corrected chi connectivity index (χ3v) is 3.74. The molecule has 1 fully saturated rings. The third-order valence-electron chi connectivity index (χ3n) is 3.74. The lowest BCUT2D eigenvalue weighted by Crippen LogP contribution is -2.21. The third kappa shape index (κ3) is 2.42. The largest absolute Gasteiger partial charge is 0.506 e. The molecule has 1 aliphatic carbocycles. The van der Waals surface area contributed by atoms with Gasteiger partial charge in [0.15, 0.2) is 0 Å². The summed E-state index contributed by atoms with van der Waals surface area (Å²) < 4.78 is 4.91. The summed E-state index contributed by atoms with van der Waals surface area (Å²) in [7, 11) is 1.41. The summed E-state index contributed by atoms with van der Waals surface area (Å²) in [5.41, 5.74) is 6.84. The molecule has 0 heterocycles. The van der Waals surface area contributed by atoms with Gasteiger partial charge in [-0.1, -0.05) is 18.9 Å². The van der Waals surface area contributed by atoms with E-state index in [1.807, 2.05) is 0 Å². The van der Waals surface area contributed by atoms with Gasteiger partial charge in [0.1, 0.15) is 5.75 Å². The number of carbonyl (C=O) groups is 1. The van der Waals surface area contributed by atoms with E-state index in [2.05, 4.69) is 0 Å². The van der Waals surface area contributed by atoms with Crippen LogP contribution in [0.1, 0.15) is 37.2 Å². The number of hydrogen-bond acceptors (Lipinski definition) is 4. The van der Waals surface area contributed by atoms with Crippen molar-refractivity contribution >= 4 is 11.7 Å². The van der Waals surface area contributed by atoms with Crippen molar-refractivity contribution in [1.82, 2.24) is 0 Å². The maximum Gasteiger partial charge on any atom is 0.313 e. The molecule has 1 saturated carbocycles. The van der Waals surface area contributed by atoms with Crippen molar-refractivity contribution in [1.29, 1.82) is 0 Å². The van der Waals surface area contributed by atoms with Crippen molar-refractivity contribution in [3.63, 3.8) is 0 Å². The van der Waals surface area contributed by atoms with E-state index < -0.39 is 0 Å². The summed E-state index contributed by atoms with van der Waals surface area (Å²) >= 11 is 0. The van der Waals surface area contributed by atoms with E-state index in [1.165, 1.54) is 13.2 Å². The molecule has 0 bridgehead atoms. The van der Waals surface area contributed by atoms with Gasteiger partial charge in [-0.15, -0.1) is 0 Å². The Morgan fingerprint density at radius 3 is 2.67 bits per heavy atom. The number of phenolic OH excluding ortho intramolecular Hbond substituents is 1. The lowest BCUT2D eigenvalue weighted by molar-refractivity contribution is -0.143. The molecule has 4 nitrogen and oxygen atoms in total. The minimum absolute atomic E-state index is 0.0498. The Morgan fingerprint density at radius 2 is 2.11 bits per heavy atom. The van der Waals surface area contributed by atoms with Crippen LogP contribution in [-0.4, -0.2) is 18.2 Å². The number of nitrogen functional groups attached to an aromatic ring is 1. The first kappa shape index (κ1) is 12.7. The van der Waals surface area contributed by atoms with Gasteiger partial charge in [-0.2, -0.15) is 0 Å². The van der Waals surface area contributed by atoms with E-state index in [9.17, 15) is 9.90 Å². The Bertz CT molecular complexity index is 439. The predicted octanol–water partition coefficient (Wildman–Crippen LogP) is 2.42. The van der Waals surface area contributed by atoms with Crippen LogP contribution in [0, 0.1) is 5.92 Å². The van der Waals surface area contributed by atoms with E-state index in [0.717, 1.165) is 31.2 Å². The number of benzene rings is 1. The van der Waals surface area contributed by atoms with Gasteiger partial charge < -0.3 is 15.6 Å². The van der Waals surface area contributed by atoms with Gasteiger partial charge in [-0.3, -0.25) is 4.79 Å². The number of carbonyl (C=O) groups excluding carboxylic acids is 1. The molecule has 0 aromatic heterocycles. The Morgan fingerprint density at radius 1 is 1.44 bits per heavy atom. The van der Waals surface area contributed by atoms with Crippen LogP contribution in [0.4, 0.5) is 5.69 Å². The molecule has 0 amide bonds. The number of nitrogens with two attached hydrogens (primary N) is 1. The molecule has 3 N–H and O–H groups in total. The monoisotopic (exact) mass is 249 g/mol. The lowest BCUT2D eigenvalue weighted by atomic mass is 9.84. The van der Waals surface area contributed by atoms with Crippen molar-refractivity contribution in [2.45, 2.75) is 31.6 Å². The Balaban J connectivity index is 2.32. The minimum Gasteiger partial charge on any atom is -0.506 e. The second-order valence-corrected chi connectivity index (χ2v) is 4.86.